The van der Waals surface area contributed by atoms with Crippen LogP contribution in [-0.2, 0) is 19.5 Å². The van der Waals surface area contributed by atoms with Crippen LogP contribution < -0.4 is 24.7 Å². The van der Waals surface area contributed by atoms with Crippen molar-refractivity contribution in [3.8, 4) is 0 Å². The van der Waals surface area contributed by atoms with E-state index in [0.29, 0.717) is 0 Å². The molecular weight excluding hydrogens is 129 g/mol. The Bertz CT molecular complexity index is 6.00. The normalized spacial score (nSPS) is 0. The van der Waals surface area contributed by atoms with Gasteiger partial charge in [-0.15, -0.1) is 0 Å². The number of quaternary nitrogens is 2. The van der Waals surface area contributed by atoms with E-state index in [1.807, 2.05) is 0 Å². The molecule has 0 bridgehead atoms. The third-order valence-corrected chi connectivity index (χ3v) is 0. The van der Waals surface area contributed by atoms with E-state index in [0.717, 1.165) is 0 Å². The van der Waals surface area contributed by atoms with E-state index < -0.39 is 0 Å². The van der Waals surface area contributed by atoms with E-state index in [1.54, 1.807) is 0 Å². The van der Waals surface area contributed by atoms with Crippen LogP contribution in [0.1, 0.15) is 0 Å². The van der Waals surface area contributed by atoms with Crippen molar-refractivity contribution < 1.29 is 31.9 Å². The average molecular weight is 137 g/mol. The maximum Gasteiger partial charge on any atom is 2.00 e. The monoisotopic (exact) mass is 135 g/mol. The van der Waals surface area contributed by atoms with Crippen LogP contribution in [0.25, 0.3) is 0 Å². The SMILES string of the molecule is [Cl-].[NH4+].[NH4+].[Zn+2]. The van der Waals surface area contributed by atoms with Gasteiger partial charge in [0, 0.05) is 0 Å². The number of halogens is 1. The summed E-state index contributed by atoms with van der Waals surface area (Å²) in [6.07, 6.45) is 0. The molecule has 24 valence electrons. The molecule has 0 radical (unpaired) electrons. The fourth-order valence-corrected chi connectivity index (χ4v) is 0. The van der Waals surface area contributed by atoms with Crippen LogP contribution in [0.4, 0.5) is 0 Å². The minimum Gasteiger partial charge on any atom is -1.00 e. The van der Waals surface area contributed by atoms with Crippen molar-refractivity contribution in [2.24, 2.45) is 0 Å². The molecule has 2 nitrogen and oxygen atoms in total. The molecule has 4 heteroatoms. The van der Waals surface area contributed by atoms with Gasteiger partial charge in [0.1, 0.15) is 0 Å². The third-order valence-electron chi connectivity index (χ3n) is 0. The van der Waals surface area contributed by atoms with Crippen LogP contribution in [0, 0.1) is 0 Å². The van der Waals surface area contributed by atoms with E-state index >= 15 is 0 Å². The van der Waals surface area contributed by atoms with Crippen molar-refractivity contribution in [2.45, 2.75) is 0 Å². The third kappa shape index (κ3) is 13.7. The fourth-order valence-electron chi connectivity index (χ4n) is 0. The van der Waals surface area contributed by atoms with Gasteiger partial charge >= 0.3 is 19.5 Å². The molecule has 0 aromatic rings. The predicted molar refractivity (Wildman–Crippen MR) is 12.0 cm³/mol. The molecule has 0 fully saturated rings. The Hall–Kier alpha value is 0.833. The quantitative estimate of drug-likeness (QED) is 0.354. The number of rotatable bonds is 0. The first-order valence-corrected chi connectivity index (χ1v) is 0. The Morgan fingerprint density at radius 1 is 0.750 bits per heavy atom. The van der Waals surface area contributed by atoms with Crippen molar-refractivity contribution in [1.29, 1.82) is 0 Å². The zero-order chi connectivity index (χ0) is 0. The molecule has 0 saturated carbocycles. The van der Waals surface area contributed by atoms with Crippen molar-refractivity contribution in [1.82, 2.24) is 12.3 Å². The number of hydrogen-bond acceptors (Lipinski definition) is 0. The van der Waals surface area contributed by atoms with Crippen LogP contribution in [0.15, 0.2) is 0 Å². The summed E-state index contributed by atoms with van der Waals surface area (Å²) in [7, 11) is 0. The molecule has 0 spiro atoms. The van der Waals surface area contributed by atoms with Crippen LogP contribution in [0.5, 0.6) is 0 Å². The van der Waals surface area contributed by atoms with Gasteiger partial charge in [-0.05, 0) is 0 Å². The van der Waals surface area contributed by atoms with Crippen LogP contribution in [0.2, 0.25) is 0 Å². The number of hydrogen-bond donors (Lipinski definition) is 2. The summed E-state index contributed by atoms with van der Waals surface area (Å²) in [6.45, 7) is 0. The molecular formula is H8ClN2Zn+3. The molecule has 0 atom stereocenters. The van der Waals surface area contributed by atoms with E-state index in [2.05, 4.69) is 0 Å². The van der Waals surface area contributed by atoms with E-state index in [1.165, 1.54) is 0 Å². The summed E-state index contributed by atoms with van der Waals surface area (Å²) >= 11 is 0. The Kier molecular flexibility index (Phi) is 1130. The summed E-state index contributed by atoms with van der Waals surface area (Å²) < 4.78 is 0. The van der Waals surface area contributed by atoms with E-state index in [-0.39, 0.29) is 44.2 Å². The zero-order valence-corrected chi connectivity index (χ0v) is 6.81. The molecule has 0 aliphatic rings. The van der Waals surface area contributed by atoms with Gasteiger partial charge in [-0.1, -0.05) is 0 Å². The second-order valence-electron chi connectivity index (χ2n) is 0. The Labute approximate surface area is 44.7 Å². The van der Waals surface area contributed by atoms with Crippen molar-refractivity contribution >= 4 is 0 Å². The van der Waals surface area contributed by atoms with Gasteiger partial charge in [0.2, 0.25) is 0 Å². The molecule has 0 aliphatic heterocycles. The van der Waals surface area contributed by atoms with Crippen molar-refractivity contribution in [2.75, 3.05) is 0 Å². The van der Waals surface area contributed by atoms with E-state index in [4.69, 9.17) is 0 Å². The Morgan fingerprint density at radius 3 is 0.750 bits per heavy atom. The van der Waals surface area contributed by atoms with Crippen LogP contribution >= 0.6 is 0 Å². The topological polar surface area (TPSA) is 73.0 Å². The maximum atomic E-state index is 0. The van der Waals surface area contributed by atoms with Gasteiger partial charge in [0.25, 0.3) is 0 Å². The first-order chi connectivity index (χ1) is 0. The van der Waals surface area contributed by atoms with Crippen LogP contribution in [0.3, 0.4) is 0 Å². The van der Waals surface area contributed by atoms with Crippen molar-refractivity contribution in [3.63, 3.8) is 0 Å². The second-order valence-corrected chi connectivity index (χ2v) is 0. The van der Waals surface area contributed by atoms with Gasteiger partial charge in [-0.2, -0.15) is 0 Å². The standard InChI is InChI=1S/ClH.2H3N.Zn/h1H;2*1H3;/q;;;+2/p+1. The van der Waals surface area contributed by atoms with Gasteiger partial charge in [0.05, 0.1) is 0 Å². The van der Waals surface area contributed by atoms with Crippen LogP contribution in [-0.4, -0.2) is 0 Å². The minimum atomic E-state index is 0. The van der Waals surface area contributed by atoms with Gasteiger partial charge in [-0.3, -0.25) is 0 Å². The summed E-state index contributed by atoms with van der Waals surface area (Å²) in [6, 6.07) is 0. The molecule has 4 heavy (non-hydrogen) atoms. The molecule has 0 aromatic heterocycles. The Morgan fingerprint density at radius 2 is 0.750 bits per heavy atom. The largest absolute Gasteiger partial charge is 2.00 e. The zero-order valence-electron chi connectivity index (χ0n) is 3.09. The molecule has 0 amide bonds. The molecule has 0 heterocycles. The fraction of sp³-hybridized carbons (Fsp3) is 0. The Balaban J connectivity index is 0. The summed E-state index contributed by atoms with van der Waals surface area (Å²) in [5.41, 5.74) is 0. The average Bonchev–Trinajstić information content (AvgIpc) is 0. The smallest absolute Gasteiger partial charge is 1.00 e. The summed E-state index contributed by atoms with van der Waals surface area (Å²) in [5.74, 6) is 0. The molecule has 8 N–H and O–H groups in total. The molecule has 0 unspecified atom stereocenters. The van der Waals surface area contributed by atoms with Gasteiger partial charge in [-0.25, -0.2) is 0 Å². The first-order valence-electron chi connectivity index (χ1n) is 0. The van der Waals surface area contributed by atoms with Gasteiger partial charge in [0.15, 0.2) is 0 Å². The summed E-state index contributed by atoms with van der Waals surface area (Å²) in [5, 5.41) is 0. The minimum absolute atomic E-state index is 0. The first kappa shape index (κ1) is 102. The van der Waals surface area contributed by atoms with E-state index in [9.17, 15) is 0 Å². The molecule has 0 aliphatic carbocycles. The second kappa shape index (κ2) is 44.3. The van der Waals surface area contributed by atoms with Gasteiger partial charge < -0.3 is 24.7 Å². The van der Waals surface area contributed by atoms with Crippen molar-refractivity contribution in [3.05, 3.63) is 0 Å². The predicted octanol–water partition coefficient (Wildman–Crippen LogP) is -2.25. The molecule has 0 aromatic carbocycles. The molecule has 0 saturated heterocycles. The summed E-state index contributed by atoms with van der Waals surface area (Å²) in [4.78, 5) is 0. The molecule has 0 rings (SSSR count). The maximum absolute atomic E-state index is 0.